The lowest BCUT2D eigenvalue weighted by atomic mass is 10.2. The van der Waals surface area contributed by atoms with Gasteiger partial charge in [0.15, 0.2) is 5.96 Å². The highest BCUT2D eigenvalue weighted by atomic mass is 16.5. The first-order chi connectivity index (χ1) is 12.3. The molecule has 4 N–H and O–H groups in total. The third kappa shape index (κ3) is 7.67. The second-order valence-corrected chi connectivity index (χ2v) is 5.46. The van der Waals surface area contributed by atoms with Gasteiger partial charge in [0.1, 0.15) is 0 Å². The van der Waals surface area contributed by atoms with E-state index in [9.17, 15) is 9.59 Å². The summed E-state index contributed by atoms with van der Waals surface area (Å²) in [6.45, 7) is 3.32. The number of carbonyl (C=O) groups is 2. The molecule has 1 aromatic rings. The van der Waals surface area contributed by atoms with Crippen molar-refractivity contribution in [3.63, 3.8) is 0 Å². The van der Waals surface area contributed by atoms with E-state index in [1.165, 1.54) is 0 Å². The van der Waals surface area contributed by atoms with Crippen molar-refractivity contribution in [1.82, 2.24) is 4.90 Å². The van der Waals surface area contributed by atoms with E-state index in [-0.39, 0.29) is 0 Å². The van der Waals surface area contributed by atoms with Crippen molar-refractivity contribution >= 4 is 29.3 Å². The first-order valence-electron chi connectivity index (χ1n) is 7.88. The Morgan fingerprint density at radius 3 is 2.19 bits per heavy atom. The number of aliphatic imine (C=N–C) groups is 1. The fourth-order valence-electron chi connectivity index (χ4n) is 2.00. The van der Waals surface area contributed by atoms with E-state index in [1.54, 1.807) is 4.90 Å². The Labute approximate surface area is 152 Å². The molecule has 2 rings (SSSR count). The Bertz CT molecular complexity index is 651. The molecule has 0 amide bonds. The van der Waals surface area contributed by atoms with E-state index < -0.39 is 11.9 Å². The van der Waals surface area contributed by atoms with Crippen molar-refractivity contribution in [2.45, 2.75) is 0 Å². The van der Waals surface area contributed by atoms with Crippen molar-refractivity contribution in [3.05, 3.63) is 36.4 Å². The number of hydrogen-bond acceptors (Lipinski definition) is 5. The number of morpholine rings is 1. The molecule has 1 fully saturated rings. The van der Waals surface area contributed by atoms with Crippen molar-refractivity contribution in [2.75, 3.05) is 45.3 Å². The predicted octanol–water partition coefficient (Wildman–Crippen LogP) is 0.743. The van der Waals surface area contributed by atoms with Crippen LogP contribution in [0.3, 0.4) is 0 Å². The van der Waals surface area contributed by atoms with Gasteiger partial charge in [0, 0.05) is 39.3 Å². The first-order valence-corrected chi connectivity index (χ1v) is 7.88. The van der Waals surface area contributed by atoms with Gasteiger partial charge < -0.3 is 30.5 Å². The minimum absolute atomic E-state index is 0.510. The number of carboxylic acid groups (broad SMARTS) is 2. The Morgan fingerprint density at radius 2 is 1.69 bits per heavy atom. The Hall–Kier alpha value is -3.07. The molecule has 1 heterocycles. The van der Waals surface area contributed by atoms with Crippen LogP contribution < -0.4 is 10.6 Å². The van der Waals surface area contributed by atoms with Crippen LogP contribution in [0.2, 0.25) is 0 Å². The van der Waals surface area contributed by atoms with Crippen molar-refractivity contribution in [2.24, 2.45) is 10.7 Å². The molecule has 26 heavy (non-hydrogen) atoms. The zero-order chi connectivity index (χ0) is 19.5. The maximum Gasteiger partial charge on any atom is 0.328 e. The molecule has 1 aliphatic heterocycles. The highest BCUT2D eigenvalue weighted by molar-refractivity contribution is 5.89. The van der Waals surface area contributed by atoms with Crippen LogP contribution in [-0.2, 0) is 14.3 Å². The molecule has 0 aromatic heterocycles. The average Bonchev–Trinajstić information content (AvgIpc) is 2.61. The van der Waals surface area contributed by atoms with Crippen molar-refractivity contribution < 1.29 is 24.5 Å². The van der Waals surface area contributed by atoms with Crippen LogP contribution in [0.25, 0.3) is 0 Å². The van der Waals surface area contributed by atoms with Crippen LogP contribution in [-0.4, -0.2) is 73.4 Å². The molecular formula is C17H24N4O5. The minimum atomic E-state index is -1.26. The van der Waals surface area contributed by atoms with Crippen LogP contribution in [0, 0.1) is 0 Å². The summed E-state index contributed by atoms with van der Waals surface area (Å²) < 4.78 is 5.37. The number of nitrogens with zero attached hydrogens (tertiary/aromatic N) is 3. The fourth-order valence-corrected chi connectivity index (χ4v) is 2.00. The second-order valence-electron chi connectivity index (χ2n) is 5.46. The highest BCUT2D eigenvalue weighted by Gasteiger charge is 2.14. The standard InChI is InChI=1S/C13H20N4O.C4H4O4/c1-16(2)13(14)15-11-5-3-4-6-12(11)17-7-9-18-10-8-17;5-3(6)1-2-4(7)8/h3-6H,7-10H2,1-2H3,(H2,14,15);1-2H,(H,5,6)(H,7,8)/b;2-1+. The van der Waals surface area contributed by atoms with E-state index in [4.69, 9.17) is 20.7 Å². The molecular weight excluding hydrogens is 340 g/mol. The number of anilines is 1. The number of aliphatic carboxylic acids is 2. The summed E-state index contributed by atoms with van der Waals surface area (Å²) in [7, 11) is 3.77. The fraction of sp³-hybridized carbons (Fsp3) is 0.353. The van der Waals surface area contributed by atoms with Gasteiger partial charge in [0.05, 0.1) is 24.6 Å². The van der Waals surface area contributed by atoms with Gasteiger partial charge in [-0.25, -0.2) is 14.6 Å². The van der Waals surface area contributed by atoms with E-state index in [2.05, 4.69) is 16.0 Å². The maximum atomic E-state index is 9.55. The normalized spacial score (nSPS) is 14.5. The first kappa shape index (κ1) is 21.0. The quantitative estimate of drug-likeness (QED) is 0.405. The number of ether oxygens (including phenoxy) is 1. The molecule has 0 bridgehead atoms. The third-order valence-corrected chi connectivity index (χ3v) is 3.30. The van der Waals surface area contributed by atoms with E-state index in [1.807, 2.05) is 32.3 Å². The molecule has 0 aliphatic carbocycles. The molecule has 0 spiro atoms. The number of hydrogen-bond donors (Lipinski definition) is 3. The van der Waals surface area contributed by atoms with Gasteiger partial charge in [0.25, 0.3) is 0 Å². The smallest absolute Gasteiger partial charge is 0.328 e. The zero-order valence-electron chi connectivity index (χ0n) is 14.8. The summed E-state index contributed by atoms with van der Waals surface area (Å²) >= 11 is 0. The van der Waals surface area contributed by atoms with Gasteiger partial charge in [-0.1, -0.05) is 12.1 Å². The number of benzene rings is 1. The predicted molar refractivity (Wildman–Crippen MR) is 98.9 cm³/mol. The molecule has 9 heteroatoms. The second kappa shape index (κ2) is 10.7. The molecule has 0 saturated carbocycles. The number of guanidine groups is 1. The van der Waals surface area contributed by atoms with E-state index in [0.29, 0.717) is 18.1 Å². The molecule has 0 radical (unpaired) electrons. The lowest BCUT2D eigenvalue weighted by Crippen LogP contribution is -2.36. The van der Waals surface area contributed by atoms with Gasteiger partial charge in [0.2, 0.25) is 0 Å². The minimum Gasteiger partial charge on any atom is -0.478 e. The average molecular weight is 364 g/mol. The summed E-state index contributed by atoms with van der Waals surface area (Å²) in [6, 6.07) is 8.07. The third-order valence-electron chi connectivity index (χ3n) is 3.30. The van der Waals surface area contributed by atoms with Gasteiger partial charge in [-0.05, 0) is 12.1 Å². The number of carboxylic acids is 2. The van der Waals surface area contributed by atoms with Crippen molar-refractivity contribution in [3.8, 4) is 0 Å². The zero-order valence-corrected chi connectivity index (χ0v) is 14.8. The number of rotatable bonds is 4. The summed E-state index contributed by atoms with van der Waals surface area (Å²) in [5.74, 6) is -2.00. The van der Waals surface area contributed by atoms with Crippen molar-refractivity contribution in [1.29, 1.82) is 0 Å². The largest absolute Gasteiger partial charge is 0.478 e. The van der Waals surface area contributed by atoms with Crippen LogP contribution in [0.15, 0.2) is 41.4 Å². The van der Waals surface area contributed by atoms with E-state index >= 15 is 0 Å². The lowest BCUT2D eigenvalue weighted by molar-refractivity contribution is -0.134. The Kier molecular flexibility index (Phi) is 8.65. The summed E-state index contributed by atoms with van der Waals surface area (Å²) in [5, 5.41) is 15.6. The molecule has 1 saturated heterocycles. The number of nitrogens with two attached hydrogens (primary N) is 1. The Balaban J connectivity index is 0.000000359. The van der Waals surface area contributed by atoms with Crippen LogP contribution in [0.5, 0.6) is 0 Å². The highest BCUT2D eigenvalue weighted by Crippen LogP contribution is 2.28. The molecule has 9 nitrogen and oxygen atoms in total. The number of para-hydroxylation sites is 2. The lowest BCUT2D eigenvalue weighted by Gasteiger charge is -2.29. The maximum absolute atomic E-state index is 9.55. The van der Waals surface area contributed by atoms with Gasteiger partial charge in [-0.2, -0.15) is 0 Å². The monoisotopic (exact) mass is 364 g/mol. The van der Waals surface area contributed by atoms with Gasteiger partial charge in [-0.3, -0.25) is 0 Å². The van der Waals surface area contributed by atoms with Crippen LogP contribution in [0.1, 0.15) is 0 Å². The topological polar surface area (TPSA) is 129 Å². The Morgan fingerprint density at radius 1 is 1.15 bits per heavy atom. The SMILES string of the molecule is CN(C)C(N)=Nc1ccccc1N1CCOCC1.O=C(O)/C=C/C(=O)O. The molecule has 0 unspecified atom stereocenters. The molecule has 1 aliphatic rings. The van der Waals surface area contributed by atoms with Gasteiger partial charge in [-0.15, -0.1) is 0 Å². The summed E-state index contributed by atoms with van der Waals surface area (Å²) in [4.78, 5) is 27.7. The van der Waals surface area contributed by atoms with Crippen LogP contribution >= 0.6 is 0 Å². The molecule has 1 aromatic carbocycles. The molecule has 0 atom stereocenters. The molecule has 142 valence electrons. The summed E-state index contributed by atoms with van der Waals surface area (Å²) in [5.41, 5.74) is 7.90. The van der Waals surface area contributed by atoms with Crippen LogP contribution in [0.4, 0.5) is 11.4 Å². The summed E-state index contributed by atoms with van der Waals surface area (Å²) in [6.07, 6.45) is 1.12. The van der Waals surface area contributed by atoms with Gasteiger partial charge >= 0.3 is 11.9 Å². The van der Waals surface area contributed by atoms with E-state index in [0.717, 1.165) is 37.7 Å².